The maximum absolute atomic E-state index is 4.42. The van der Waals surface area contributed by atoms with Crippen LogP contribution in [0.15, 0.2) is 23.6 Å². The van der Waals surface area contributed by atoms with Gasteiger partial charge in [0.15, 0.2) is 0 Å². The summed E-state index contributed by atoms with van der Waals surface area (Å²) in [7, 11) is 0. The number of rotatable bonds is 4. The molecule has 2 heterocycles. The normalized spacial score (nSPS) is 10.6. The van der Waals surface area contributed by atoms with Gasteiger partial charge >= 0.3 is 0 Å². The zero-order valence-electron chi connectivity index (χ0n) is 7.99. The van der Waals surface area contributed by atoms with Crippen LogP contribution >= 0.6 is 22.9 Å². The Bertz CT molecular complexity index is 378. The SMILES string of the molecule is CCNCc1cc(-c2cccs2)ns1. The maximum atomic E-state index is 4.42. The fourth-order valence-electron chi connectivity index (χ4n) is 1.18. The van der Waals surface area contributed by atoms with Gasteiger partial charge in [-0.25, -0.2) is 0 Å². The summed E-state index contributed by atoms with van der Waals surface area (Å²) >= 11 is 3.32. The molecule has 0 saturated carbocycles. The molecule has 1 N–H and O–H groups in total. The first-order valence-corrected chi connectivity index (χ1v) is 6.25. The molecule has 0 atom stereocenters. The maximum Gasteiger partial charge on any atom is 0.0943 e. The summed E-state index contributed by atoms with van der Waals surface area (Å²) in [5.74, 6) is 0. The second kappa shape index (κ2) is 4.68. The van der Waals surface area contributed by atoms with Crippen molar-refractivity contribution in [3.8, 4) is 10.6 Å². The van der Waals surface area contributed by atoms with E-state index < -0.39 is 0 Å². The first kappa shape index (κ1) is 9.83. The smallest absolute Gasteiger partial charge is 0.0943 e. The standard InChI is InChI=1S/C10H12N2S2/c1-2-11-7-8-6-9(12-14-8)10-4-3-5-13-10/h3-6,11H,2,7H2,1H3. The van der Waals surface area contributed by atoms with Crippen LogP contribution in [-0.2, 0) is 6.54 Å². The predicted octanol–water partition coefficient (Wildman–Crippen LogP) is 2.98. The summed E-state index contributed by atoms with van der Waals surface area (Å²) in [6.45, 7) is 4.05. The molecule has 2 aromatic rings. The monoisotopic (exact) mass is 224 g/mol. The largest absolute Gasteiger partial charge is 0.312 e. The highest BCUT2D eigenvalue weighted by Crippen LogP contribution is 2.25. The topological polar surface area (TPSA) is 24.9 Å². The van der Waals surface area contributed by atoms with Crippen LogP contribution < -0.4 is 5.32 Å². The van der Waals surface area contributed by atoms with Crippen molar-refractivity contribution in [3.05, 3.63) is 28.5 Å². The molecule has 0 aliphatic rings. The van der Waals surface area contributed by atoms with Gasteiger partial charge in [-0.15, -0.1) is 11.3 Å². The molecule has 14 heavy (non-hydrogen) atoms. The average molecular weight is 224 g/mol. The Hall–Kier alpha value is -0.710. The van der Waals surface area contributed by atoms with E-state index in [-0.39, 0.29) is 0 Å². The van der Waals surface area contributed by atoms with E-state index in [9.17, 15) is 0 Å². The average Bonchev–Trinajstić information content (AvgIpc) is 2.85. The molecule has 0 fully saturated rings. The molecule has 2 rings (SSSR count). The van der Waals surface area contributed by atoms with Gasteiger partial charge in [-0.1, -0.05) is 13.0 Å². The van der Waals surface area contributed by atoms with E-state index in [1.165, 1.54) is 9.75 Å². The van der Waals surface area contributed by atoms with E-state index in [1.807, 2.05) is 0 Å². The number of hydrogen-bond donors (Lipinski definition) is 1. The van der Waals surface area contributed by atoms with E-state index in [0.29, 0.717) is 0 Å². The van der Waals surface area contributed by atoms with Gasteiger partial charge in [0.25, 0.3) is 0 Å². The number of hydrogen-bond acceptors (Lipinski definition) is 4. The van der Waals surface area contributed by atoms with Gasteiger partial charge in [-0.3, -0.25) is 0 Å². The Morgan fingerprint density at radius 2 is 2.43 bits per heavy atom. The Labute approximate surface area is 91.8 Å². The first-order valence-electron chi connectivity index (χ1n) is 4.60. The molecule has 0 bridgehead atoms. The lowest BCUT2D eigenvalue weighted by atomic mass is 10.3. The number of nitrogens with zero attached hydrogens (tertiary/aromatic N) is 1. The summed E-state index contributed by atoms with van der Waals surface area (Å²) in [6, 6.07) is 6.33. The molecule has 0 aliphatic heterocycles. The Balaban J connectivity index is 2.10. The number of thiophene rings is 1. The summed E-state index contributed by atoms with van der Waals surface area (Å²) < 4.78 is 4.42. The highest BCUT2D eigenvalue weighted by Gasteiger charge is 2.04. The zero-order chi connectivity index (χ0) is 9.80. The van der Waals surface area contributed by atoms with Crippen LogP contribution in [-0.4, -0.2) is 10.9 Å². The van der Waals surface area contributed by atoms with Gasteiger partial charge in [0.1, 0.15) is 0 Å². The first-order chi connectivity index (χ1) is 6.90. The third kappa shape index (κ3) is 2.20. The van der Waals surface area contributed by atoms with E-state index in [0.717, 1.165) is 18.8 Å². The summed E-state index contributed by atoms with van der Waals surface area (Å²) in [5, 5.41) is 5.38. The van der Waals surface area contributed by atoms with Gasteiger partial charge in [0.05, 0.1) is 10.6 Å². The van der Waals surface area contributed by atoms with E-state index in [2.05, 4.69) is 40.2 Å². The molecule has 2 aromatic heterocycles. The highest BCUT2D eigenvalue weighted by atomic mass is 32.1. The summed E-state index contributed by atoms with van der Waals surface area (Å²) in [4.78, 5) is 2.55. The molecule has 2 nitrogen and oxygen atoms in total. The highest BCUT2D eigenvalue weighted by molar-refractivity contribution is 7.13. The predicted molar refractivity (Wildman–Crippen MR) is 62.8 cm³/mol. The third-order valence-electron chi connectivity index (χ3n) is 1.88. The minimum atomic E-state index is 0.930. The van der Waals surface area contributed by atoms with Crippen molar-refractivity contribution in [3.63, 3.8) is 0 Å². The molecular formula is C10H12N2S2. The zero-order valence-corrected chi connectivity index (χ0v) is 9.62. The molecule has 0 aromatic carbocycles. The molecule has 0 amide bonds. The lowest BCUT2D eigenvalue weighted by Gasteiger charge is -1.94. The fraction of sp³-hybridized carbons (Fsp3) is 0.300. The number of aromatic nitrogens is 1. The quantitative estimate of drug-likeness (QED) is 0.863. The van der Waals surface area contributed by atoms with E-state index in [4.69, 9.17) is 0 Å². The van der Waals surface area contributed by atoms with E-state index >= 15 is 0 Å². The number of nitrogens with one attached hydrogen (secondary N) is 1. The van der Waals surface area contributed by atoms with Gasteiger partial charge in [0.2, 0.25) is 0 Å². The van der Waals surface area contributed by atoms with Crippen LogP contribution in [0.4, 0.5) is 0 Å². The molecule has 0 unspecified atom stereocenters. The van der Waals surface area contributed by atoms with Crippen LogP contribution in [0.1, 0.15) is 11.8 Å². The molecule has 0 saturated heterocycles. The second-order valence-corrected chi connectivity index (χ2v) is 4.77. The Morgan fingerprint density at radius 1 is 1.50 bits per heavy atom. The van der Waals surface area contributed by atoms with Crippen LogP contribution in [0, 0.1) is 0 Å². The van der Waals surface area contributed by atoms with Gasteiger partial charge in [-0.2, -0.15) is 4.37 Å². The fourth-order valence-corrected chi connectivity index (χ4v) is 2.63. The minimum Gasteiger partial charge on any atom is -0.312 e. The third-order valence-corrected chi connectivity index (χ3v) is 3.56. The lowest BCUT2D eigenvalue weighted by Crippen LogP contribution is -2.10. The molecular weight excluding hydrogens is 212 g/mol. The molecule has 0 spiro atoms. The minimum absolute atomic E-state index is 0.930. The van der Waals surface area contributed by atoms with E-state index in [1.54, 1.807) is 22.9 Å². The van der Waals surface area contributed by atoms with Crippen molar-refractivity contribution in [2.24, 2.45) is 0 Å². The van der Waals surface area contributed by atoms with Crippen molar-refractivity contribution in [2.75, 3.05) is 6.54 Å². The van der Waals surface area contributed by atoms with Gasteiger partial charge < -0.3 is 5.32 Å². The van der Waals surface area contributed by atoms with Gasteiger partial charge in [0, 0.05) is 11.4 Å². The Morgan fingerprint density at radius 3 is 3.14 bits per heavy atom. The van der Waals surface area contributed by atoms with Gasteiger partial charge in [-0.05, 0) is 35.6 Å². The van der Waals surface area contributed by atoms with Crippen LogP contribution in [0.2, 0.25) is 0 Å². The lowest BCUT2D eigenvalue weighted by molar-refractivity contribution is 0.735. The molecule has 74 valence electrons. The van der Waals surface area contributed by atoms with Crippen LogP contribution in [0.5, 0.6) is 0 Å². The second-order valence-electron chi connectivity index (χ2n) is 2.94. The van der Waals surface area contributed by atoms with Crippen LogP contribution in [0.25, 0.3) is 10.6 Å². The molecule has 4 heteroatoms. The summed E-state index contributed by atoms with van der Waals surface area (Å²) in [6.07, 6.45) is 0. The van der Waals surface area contributed by atoms with Crippen molar-refractivity contribution >= 4 is 22.9 Å². The van der Waals surface area contributed by atoms with Crippen LogP contribution in [0.3, 0.4) is 0 Å². The van der Waals surface area contributed by atoms with Crippen molar-refractivity contribution in [1.82, 2.24) is 9.69 Å². The van der Waals surface area contributed by atoms with Crippen molar-refractivity contribution in [1.29, 1.82) is 0 Å². The molecule has 0 radical (unpaired) electrons. The molecule has 0 aliphatic carbocycles. The summed E-state index contributed by atoms with van der Waals surface area (Å²) in [5.41, 5.74) is 1.11. The Kier molecular flexibility index (Phi) is 3.29. The van der Waals surface area contributed by atoms with Crippen molar-refractivity contribution in [2.45, 2.75) is 13.5 Å². The van der Waals surface area contributed by atoms with Crippen molar-refractivity contribution < 1.29 is 0 Å².